The largest absolute Gasteiger partial charge is 0.493 e. The molecule has 0 radical (unpaired) electrons. The van der Waals surface area contributed by atoms with Crippen LogP contribution in [0.5, 0.6) is 17.2 Å². The molecule has 0 fully saturated rings. The normalized spacial score (nSPS) is 11.3. The molecule has 1 aromatic rings. The van der Waals surface area contributed by atoms with Crippen molar-refractivity contribution in [2.45, 2.75) is 51.4 Å². The lowest BCUT2D eigenvalue weighted by molar-refractivity contribution is 0.324. The lowest BCUT2D eigenvalue weighted by Gasteiger charge is -2.28. The van der Waals surface area contributed by atoms with Gasteiger partial charge < -0.3 is 14.2 Å². The van der Waals surface area contributed by atoms with Gasteiger partial charge in [0.05, 0.1) is 29.4 Å². The van der Waals surface area contributed by atoms with E-state index in [4.69, 9.17) is 14.2 Å². The molecule has 0 aliphatic rings. The Morgan fingerprint density at radius 1 is 0.810 bits per heavy atom. The summed E-state index contributed by atoms with van der Waals surface area (Å²) in [5, 5.41) is 0. The van der Waals surface area contributed by atoms with Gasteiger partial charge in [-0.2, -0.15) is 0 Å². The Kier molecular flexibility index (Phi) is 7.09. The minimum absolute atomic E-state index is 0.675. The lowest BCUT2D eigenvalue weighted by Crippen LogP contribution is -2.31. The van der Waals surface area contributed by atoms with Gasteiger partial charge in [0.1, 0.15) is 0 Å². The average molecular weight is 311 g/mol. The number of benzene rings is 1. The highest BCUT2D eigenvalue weighted by molar-refractivity contribution is 6.79. The predicted molar refractivity (Wildman–Crippen MR) is 91.8 cm³/mol. The first-order valence-electron chi connectivity index (χ1n) is 7.88. The fraction of sp³-hybridized carbons (Fsp3) is 0.647. The van der Waals surface area contributed by atoms with E-state index in [9.17, 15) is 0 Å². The van der Waals surface area contributed by atoms with E-state index in [0.717, 1.165) is 17.9 Å². The van der Waals surface area contributed by atoms with E-state index >= 15 is 0 Å². The van der Waals surface area contributed by atoms with Gasteiger partial charge in [-0.1, -0.05) is 44.9 Å². The molecule has 4 heteroatoms. The van der Waals surface area contributed by atoms with Crippen LogP contribution in [0.4, 0.5) is 0 Å². The van der Waals surface area contributed by atoms with Gasteiger partial charge in [-0.05, 0) is 24.1 Å². The molecule has 3 nitrogen and oxygen atoms in total. The van der Waals surface area contributed by atoms with Crippen LogP contribution >= 0.6 is 0 Å². The smallest absolute Gasteiger partial charge is 0.203 e. The van der Waals surface area contributed by atoms with Gasteiger partial charge in [0.25, 0.3) is 0 Å². The molecule has 1 rings (SSSR count). The van der Waals surface area contributed by atoms with Gasteiger partial charge in [0.2, 0.25) is 5.75 Å². The van der Waals surface area contributed by atoms with E-state index in [-0.39, 0.29) is 0 Å². The number of ether oxygens (including phenoxy) is 3. The van der Waals surface area contributed by atoms with Crippen LogP contribution in [0.3, 0.4) is 0 Å². The first-order valence-corrected chi connectivity index (χ1v) is 10.7. The number of rotatable bonds is 9. The third kappa shape index (κ3) is 4.16. The molecule has 0 aliphatic heterocycles. The van der Waals surface area contributed by atoms with Crippen LogP contribution in [0.2, 0.25) is 24.2 Å². The summed E-state index contributed by atoms with van der Waals surface area (Å²) in [7, 11) is 3.89. The molecule has 21 heavy (non-hydrogen) atoms. The summed E-state index contributed by atoms with van der Waals surface area (Å²) in [5.41, 5.74) is 1.27. The molecule has 120 valence electrons. The molecule has 0 unspecified atom stereocenters. The second-order valence-electron chi connectivity index (χ2n) is 5.59. The van der Waals surface area contributed by atoms with Gasteiger partial charge in [0.15, 0.2) is 11.5 Å². The van der Waals surface area contributed by atoms with Crippen molar-refractivity contribution >= 4 is 8.07 Å². The summed E-state index contributed by atoms with van der Waals surface area (Å²) in [5.74, 6) is 2.18. The summed E-state index contributed by atoms with van der Waals surface area (Å²) in [6.45, 7) is 7.07. The molecule has 1 aromatic carbocycles. The molecule has 0 heterocycles. The minimum Gasteiger partial charge on any atom is -0.493 e. The monoisotopic (exact) mass is 310 g/mol. The molecular formula is C17H30O3Si. The first kappa shape index (κ1) is 17.9. The van der Waals surface area contributed by atoms with Crippen molar-refractivity contribution in [3.8, 4) is 17.2 Å². The molecule has 0 aromatic heterocycles. The van der Waals surface area contributed by atoms with Gasteiger partial charge in [-0.15, -0.1) is 0 Å². The standard InChI is InChI=1S/C17H30O3Si/c1-7-21(8-2,9-3)11-10-14-12-15(18-4)17(20-6)16(13-14)19-5/h12-13H,7-11H2,1-6H3. The maximum absolute atomic E-state index is 5.44. The van der Waals surface area contributed by atoms with Crippen molar-refractivity contribution in [1.82, 2.24) is 0 Å². The molecule has 0 aliphatic carbocycles. The molecule has 0 bridgehead atoms. The number of aryl methyl sites for hydroxylation is 1. The lowest BCUT2D eigenvalue weighted by atomic mass is 10.1. The molecule has 0 spiro atoms. The molecule has 0 amide bonds. The zero-order valence-corrected chi connectivity index (χ0v) is 15.4. The predicted octanol–water partition coefficient (Wildman–Crippen LogP) is 4.76. The SMILES string of the molecule is CC[Si](CC)(CC)CCc1cc(OC)c(OC)c(OC)c1. The maximum Gasteiger partial charge on any atom is 0.203 e. The van der Waals surface area contributed by atoms with E-state index in [2.05, 4.69) is 32.9 Å². The van der Waals surface area contributed by atoms with Crippen molar-refractivity contribution < 1.29 is 14.2 Å². The Morgan fingerprint density at radius 3 is 1.62 bits per heavy atom. The summed E-state index contributed by atoms with van der Waals surface area (Å²) in [4.78, 5) is 0. The van der Waals surface area contributed by atoms with Crippen molar-refractivity contribution in [3.05, 3.63) is 17.7 Å². The third-order valence-corrected chi connectivity index (χ3v) is 10.7. The first-order chi connectivity index (χ1) is 10.1. The van der Waals surface area contributed by atoms with Crippen LogP contribution < -0.4 is 14.2 Å². The highest BCUT2D eigenvalue weighted by Gasteiger charge is 2.26. The van der Waals surface area contributed by atoms with Gasteiger partial charge in [-0.3, -0.25) is 0 Å². The van der Waals surface area contributed by atoms with E-state index < -0.39 is 8.07 Å². The van der Waals surface area contributed by atoms with Gasteiger partial charge in [-0.25, -0.2) is 0 Å². The molecule has 0 N–H and O–H groups in total. The third-order valence-electron chi connectivity index (χ3n) is 4.92. The Labute approximate surface area is 130 Å². The van der Waals surface area contributed by atoms with Crippen LogP contribution in [0, 0.1) is 0 Å². The minimum atomic E-state index is -1.09. The fourth-order valence-electron chi connectivity index (χ4n) is 2.97. The fourth-order valence-corrected chi connectivity index (χ4v) is 6.35. The Bertz CT molecular complexity index is 408. The van der Waals surface area contributed by atoms with Crippen LogP contribution in [-0.2, 0) is 6.42 Å². The molecular weight excluding hydrogens is 280 g/mol. The van der Waals surface area contributed by atoms with Crippen molar-refractivity contribution in [2.24, 2.45) is 0 Å². The van der Waals surface area contributed by atoms with Crippen LogP contribution in [0.25, 0.3) is 0 Å². The van der Waals surface area contributed by atoms with Gasteiger partial charge >= 0.3 is 0 Å². The zero-order chi connectivity index (χ0) is 15.9. The van der Waals surface area contributed by atoms with Crippen LogP contribution in [-0.4, -0.2) is 29.4 Å². The number of methoxy groups -OCH3 is 3. The van der Waals surface area contributed by atoms with E-state index in [1.165, 1.54) is 29.7 Å². The maximum atomic E-state index is 5.44. The van der Waals surface area contributed by atoms with Crippen LogP contribution in [0.15, 0.2) is 12.1 Å². The molecule has 0 saturated carbocycles. The summed E-state index contributed by atoms with van der Waals surface area (Å²) in [6, 6.07) is 9.59. The van der Waals surface area contributed by atoms with Crippen LogP contribution in [0.1, 0.15) is 26.3 Å². The van der Waals surface area contributed by atoms with Crippen molar-refractivity contribution in [3.63, 3.8) is 0 Å². The Morgan fingerprint density at radius 2 is 1.29 bits per heavy atom. The second kappa shape index (κ2) is 8.32. The topological polar surface area (TPSA) is 27.7 Å². The highest BCUT2D eigenvalue weighted by Crippen LogP contribution is 2.39. The van der Waals surface area contributed by atoms with E-state index in [1.54, 1.807) is 21.3 Å². The van der Waals surface area contributed by atoms with E-state index in [1.807, 2.05) is 0 Å². The van der Waals surface area contributed by atoms with Gasteiger partial charge in [0, 0.05) is 0 Å². The van der Waals surface area contributed by atoms with E-state index in [0.29, 0.717) is 5.75 Å². The Hall–Kier alpha value is -1.16. The summed E-state index contributed by atoms with van der Waals surface area (Å²) < 4.78 is 16.3. The summed E-state index contributed by atoms with van der Waals surface area (Å²) in [6.07, 6.45) is 1.10. The molecule has 0 saturated heterocycles. The summed E-state index contributed by atoms with van der Waals surface area (Å²) >= 11 is 0. The quantitative estimate of drug-likeness (QED) is 0.615. The zero-order valence-electron chi connectivity index (χ0n) is 14.4. The number of hydrogen-bond acceptors (Lipinski definition) is 3. The van der Waals surface area contributed by atoms with Crippen molar-refractivity contribution in [1.29, 1.82) is 0 Å². The molecule has 0 atom stereocenters. The van der Waals surface area contributed by atoms with Crippen molar-refractivity contribution in [2.75, 3.05) is 21.3 Å². The Balaban J connectivity index is 2.99. The number of hydrogen-bond donors (Lipinski definition) is 0. The highest BCUT2D eigenvalue weighted by atomic mass is 28.3. The average Bonchev–Trinajstić information content (AvgIpc) is 2.55. The second-order valence-corrected chi connectivity index (χ2v) is 11.2.